The van der Waals surface area contributed by atoms with E-state index in [1.165, 1.54) is 0 Å². The van der Waals surface area contributed by atoms with E-state index in [1.54, 1.807) is 14.2 Å². The van der Waals surface area contributed by atoms with E-state index in [4.69, 9.17) is 9.47 Å². The molecular weight excluding hydrogens is 176 g/mol. The van der Waals surface area contributed by atoms with Crippen LogP contribution < -0.4 is 9.47 Å². The van der Waals surface area contributed by atoms with Gasteiger partial charge in [-0.15, -0.1) is 0 Å². The highest BCUT2D eigenvalue weighted by atomic mass is 16.5. The van der Waals surface area contributed by atoms with E-state index in [0.717, 1.165) is 22.3 Å². The molecule has 0 aliphatic rings. The smallest absolute Gasteiger partial charge is 0.130 e. The van der Waals surface area contributed by atoms with Crippen LogP contribution >= 0.6 is 0 Å². The minimum absolute atomic E-state index is 0.816. The Balaban J connectivity index is 2.81. The van der Waals surface area contributed by atoms with Crippen molar-refractivity contribution in [3.8, 4) is 11.5 Å². The number of benzene rings is 2. The van der Waals surface area contributed by atoms with E-state index in [2.05, 4.69) is 6.07 Å². The van der Waals surface area contributed by atoms with Gasteiger partial charge in [-0.1, -0.05) is 18.2 Å². The monoisotopic (exact) mass is 187 g/mol. The van der Waals surface area contributed by atoms with Gasteiger partial charge in [-0.25, -0.2) is 0 Å². The van der Waals surface area contributed by atoms with E-state index < -0.39 is 0 Å². The van der Waals surface area contributed by atoms with Crippen molar-refractivity contribution in [2.24, 2.45) is 0 Å². The summed E-state index contributed by atoms with van der Waals surface area (Å²) in [6.07, 6.45) is 0. The molecule has 14 heavy (non-hydrogen) atoms. The predicted molar refractivity (Wildman–Crippen MR) is 55.9 cm³/mol. The second kappa shape index (κ2) is 3.58. The van der Waals surface area contributed by atoms with Crippen molar-refractivity contribution >= 4 is 10.8 Å². The van der Waals surface area contributed by atoms with Crippen LogP contribution in [0.1, 0.15) is 0 Å². The molecule has 0 aliphatic heterocycles. The fourth-order valence-corrected chi connectivity index (χ4v) is 1.54. The van der Waals surface area contributed by atoms with Crippen molar-refractivity contribution in [1.82, 2.24) is 0 Å². The molecule has 0 unspecified atom stereocenters. The van der Waals surface area contributed by atoms with Crippen LogP contribution in [0.15, 0.2) is 30.3 Å². The van der Waals surface area contributed by atoms with Crippen molar-refractivity contribution in [2.45, 2.75) is 0 Å². The first-order valence-electron chi connectivity index (χ1n) is 4.38. The van der Waals surface area contributed by atoms with Crippen LogP contribution in [0.3, 0.4) is 0 Å². The van der Waals surface area contributed by atoms with Gasteiger partial charge in [-0.3, -0.25) is 0 Å². The van der Waals surface area contributed by atoms with E-state index in [9.17, 15) is 0 Å². The summed E-state index contributed by atoms with van der Waals surface area (Å²) in [5.41, 5.74) is 0. The predicted octanol–water partition coefficient (Wildman–Crippen LogP) is 2.66. The third kappa shape index (κ3) is 1.29. The van der Waals surface area contributed by atoms with Crippen molar-refractivity contribution < 1.29 is 9.47 Å². The summed E-state index contributed by atoms with van der Waals surface area (Å²) in [6, 6.07) is 12.7. The maximum atomic E-state index is 5.27. The number of ether oxygens (including phenoxy) is 2. The van der Waals surface area contributed by atoms with E-state index in [0.29, 0.717) is 0 Å². The average molecular weight is 187 g/mol. The second-order valence-corrected chi connectivity index (χ2v) is 2.93. The zero-order chi connectivity index (χ0) is 9.97. The normalized spacial score (nSPS) is 10.1. The maximum Gasteiger partial charge on any atom is 0.130 e. The van der Waals surface area contributed by atoms with Gasteiger partial charge >= 0.3 is 0 Å². The summed E-state index contributed by atoms with van der Waals surface area (Å²) >= 11 is 0. The summed E-state index contributed by atoms with van der Waals surface area (Å²) in [7, 11) is 3.31. The Morgan fingerprint density at radius 3 is 2.43 bits per heavy atom. The molecule has 0 spiro atoms. The van der Waals surface area contributed by atoms with E-state index in [1.807, 2.05) is 30.3 Å². The molecule has 0 saturated heterocycles. The van der Waals surface area contributed by atoms with Crippen LogP contribution in [-0.4, -0.2) is 14.2 Å². The molecule has 2 nitrogen and oxygen atoms in total. The lowest BCUT2D eigenvalue weighted by Crippen LogP contribution is -1.89. The largest absolute Gasteiger partial charge is 0.496 e. The van der Waals surface area contributed by atoms with Gasteiger partial charge in [0.25, 0.3) is 0 Å². The number of fused-ring (bicyclic) bond motifs is 1. The molecule has 0 fully saturated rings. The van der Waals surface area contributed by atoms with Crippen LogP contribution in [0.5, 0.6) is 11.5 Å². The quantitative estimate of drug-likeness (QED) is 0.719. The molecule has 1 radical (unpaired) electrons. The molecule has 2 heteroatoms. The lowest BCUT2D eigenvalue weighted by Gasteiger charge is -2.08. The average Bonchev–Trinajstić information content (AvgIpc) is 2.27. The highest BCUT2D eigenvalue weighted by Crippen LogP contribution is 2.32. The van der Waals surface area contributed by atoms with Gasteiger partial charge in [0.2, 0.25) is 0 Å². The topological polar surface area (TPSA) is 18.5 Å². The Hall–Kier alpha value is -1.70. The van der Waals surface area contributed by atoms with Gasteiger partial charge in [0.15, 0.2) is 0 Å². The first kappa shape index (κ1) is 8.88. The SMILES string of the molecule is COc1cc[c]c2cccc(OC)c12. The lowest BCUT2D eigenvalue weighted by molar-refractivity contribution is 0.405. The van der Waals surface area contributed by atoms with Crippen molar-refractivity contribution in [1.29, 1.82) is 0 Å². The fourth-order valence-electron chi connectivity index (χ4n) is 1.54. The summed E-state index contributed by atoms with van der Waals surface area (Å²) in [4.78, 5) is 0. The second-order valence-electron chi connectivity index (χ2n) is 2.93. The molecule has 0 bridgehead atoms. The molecule has 71 valence electrons. The lowest BCUT2D eigenvalue weighted by atomic mass is 10.1. The molecule has 0 heterocycles. The molecule has 2 aromatic carbocycles. The van der Waals surface area contributed by atoms with E-state index in [-0.39, 0.29) is 0 Å². The van der Waals surface area contributed by atoms with Crippen LogP contribution in [0.4, 0.5) is 0 Å². The van der Waals surface area contributed by atoms with Crippen molar-refractivity contribution in [3.63, 3.8) is 0 Å². The Kier molecular flexibility index (Phi) is 2.27. The molecule has 0 saturated carbocycles. The molecule has 0 aromatic heterocycles. The molecule has 2 aromatic rings. The molecule has 2 rings (SSSR count). The Bertz CT molecular complexity index is 410. The minimum atomic E-state index is 0.816. The van der Waals surface area contributed by atoms with Crippen molar-refractivity contribution in [3.05, 3.63) is 36.4 Å². The van der Waals surface area contributed by atoms with Gasteiger partial charge in [-0.2, -0.15) is 0 Å². The van der Waals surface area contributed by atoms with Gasteiger partial charge in [0.05, 0.1) is 19.6 Å². The van der Waals surface area contributed by atoms with Gasteiger partial charge in [0, 0.05) is 0 Å². The molecule has 0 N–H and O–H groups in total. The highest BCUT2D eigenvalue weighted by molar-refractivity contribution is 5.93. The standard InChI is InChI=1S/C12H11O2/c1-13-10-7-3-5-9-6-4-8-11(14-2)12(9)10/h3-5,7-8H,1-2H3. The molecule has 0 atom stereocenters. The highest BCUT2D eigenvalue weighted by Gasteiger charge is 2.05. The zero-order valence-corrected chi connectivity index (χ0v) is 8.20. The molecule has 0 aliphatic carbocycles. The van der Waals surface area contributed by atoms with Gasteiger partial charge in [0.1, 0.15) is 11.5 Å². The number of rotatable bonds is 2. The summed E-state index contributed by atoms with van der Waals surface area (Å²) in [5, 5.41) is 1.98. The molecular formula is C12H11O2. The van der Waals surface area contributed by atoms with E-state index >= 15 is 0 Å². The number of hydrogen-bond acceptors (Lipinski definition) is 2. The minimum Gasteiger partial charge on any atom is -0.496 e. The van der Waals surface area contributed by atoms with Gasteiger partial charge < -0.3 is 9.47 Å². The summed E-state index contributed by atoms with van der Waals surface area (Å²) < 4.78 is 10.5. The zero-order valence-electron chi connectivity index (χ0n) is 8.20. The number of methoxy groups -OCH3 is 2. The van der Waals surface area contributed by atoms with Crippen LogP contribution in [0, 0.1) is 6.07 Å². The third-order valence-corrected chi connectivity index (χ3v) is 2.19. The van der Waals surface area contributed by atoms with Crippen LogP contribution in [-0.2, 0) is 0 Å². The third-order valence-electron chi connectivity index (χ3n) is 2.19. The van der Waals surface area contributed by atoms with Crippen LogP contribution in [0.25, 0.3) is 10.8 Å². The maximum absolute atomic E-state index is 5.27. The first-order valence-corrected chi connectivity index (χ1v) is 4.38. The fraction of sp³-hybridized carbons (Fsp3) is 0.167. The van der Waals surface area contributed by atoms with Crippen LogP contribution in [0.2, 0.25) is 0 Å². The Morgan fingerprint density at radius 1 is 1.00 bits per heavy atom. The summed E-state index contributed by atoms with van der Waals surface area (Å²) in [6.45, 7) is 0. The number of hydrogen-bond donors (Lipinski definition) is 0. The Labute approximate surface area is 83.1 Å². The van der Waals surface area contributed by atoms with Crippen molar-refractivity contribution in [2.75, 3.05) is 14.2 Å². The summed E-state index contributed by atoms with van der Waals surface area (Å²) in [5.74, 6) is 1.63. The molecule has 0 amide bonds. The first-order chi connectivity index (χ1) is 6.86. The van der Waals surface area contributed by atoms with Gasteiger partial charge in [-0.05, 0) is 23.6 Å². The Morgan fingerprint density at radius 2 is 1.71 bits per heavy atom.